The summed E-state index contributed by atoms with van der Waals surface area (Å²) in [6.07, 6.45) is 2.80. The Labute approximate surface area is 105 Å². The fourth-order valence-corrected chi connectivity index (χ4v) is 2.45. The van der Waals surface area contributed by atoms with Crippen LogP contribution in [0.2, 0.25) is 0 Å². The molecule has 16 heavy (non-hydrogen) atoms. The minimum Gasteiger partial charge on any atom is -0.507 e. The summed E-state index contributed by atoms with van der Waals surface area (Å²) in [7, 11) is 1.60. The van der Waals surface area contributed by atoms with E-state index in [0.717, 1.165) is 34.9 Å². The van der Waals surface area contributed by atoms with Crippen LogP contribution >= 0.6 is 15.9 Å². The van der Waals surface area contributed by atoms with Crippen molar-refractivity contribution in [3.8, 4) is 11.5 Å². The molecule has 3 N–H and O–H groups in total. The van der Waals surface area contributed by atoms with Crippen LogP contribution in [0.25, 0.3) is 0 Å². The highest BCUT2D eigenvalue weighted by Crippen LogP contribution is 2.37. The quantitative estimate of drug-likeness (QED) is 0.819. The standard InChI is InChI=1S/C12H18BrNO2/c1-8-11(15)9(5-3-4-6-14)7-10(13)12(8)16-2/h7,15H,3-6,14H2,1-2H3. The Kier molecular flexibility index (Phi) is 5.09. The van der Waals surface area contributed by atoms with E-state index in [9.17, 15) is 5.11 Å². The van der Waals surface area contributed by atoms with Crippen LogP contribution in [-0.4, -0.2) is 18.8 Å². The van der Waals surface area contributed by atoms with Gasteiger partial charge in [0.2, 0.25) is 0 Å². The van der Waals surface area contributed by atoms with Crippen molar-refractivity contribution in [2.75, 3.05) is 13.7 Å². The smallest absolute Gasteiger partial charge is 0.139 e. The zero-order valence-corrected chi connectivity index (χ0v) is 11.3. The Morgan fingerprint density at radius 3 is 2.69 bits per heavy atom. The lowest BCUT2D eigenvalue weighted by Gasteiger charge is -2.13. The van der Waals surface area contributed by atoms with Crippen LogP contribution in [0.1, 0.15) is 24.0 Å². The van der Waals surface area contributed by atoms with E-state index in [1.165, 1.54) is 0 Å². The van der Waals surface area contributed by atoms with Gasteiger partial charge < -0.3 is 15.6 Å². The number of aromatic hydroxyl groups is 1. The van der Waals surface area contributed by atoms with Crippen LogP contribution in [0.15, 0.2) is 10.5 Å². The molecule has 4 heteroatoms. The normalized spacial score (nSPS) is 10.5. The first-order valence-corrected chi connectivity index (χ1v) is 6.16. The van der Waals surface area contributed by atoms with Gasteiger partial charge in [0.25, 0.3) is 0 Å². The Morgan fingerprint density at radius 1 is 1.44 bits per heavy atom. The van der Waals surface area contributed by atoms with Crippen LogP contribution in [0.5, 0.6) is 11.5 Å². The second-order valence-corrected chi connectivity index (χ2v) is 4.62. The molecule has 90 valence electrons. The molecule has 0 saturated heterocycles. The first-order valence-electron chi connectivity index (χ1n) is 5.36. The van der Waals surface area contributed by atoms with Crippen molar-refractivity contribution >= 4 is 15.9 Å². The van der Waals surface area contributed by atoms with E-state index in [1.54, 1.807) is 7.11 Å². The number of rotatable bonds is 5. The molecule has 0 radical (unpaired) electrons. The van der Waals surface area contributed by atoms with Gasteiger partial charge in [-0.1, -0.05) is 0 Å². The van der Waals surface area contributed by atoms with Crippen LogP contribution in [0.3, 0.4) is 0 Å². The van der Waals surface area contributed by atoms with Crippen molar-refractivity contribution in [3.05, 3.63) is 21.7 Å². The third-order valence-electron chi connectivity index (χ3n) is 2.62. The molecule has 0 fully saturated rings. The van der Waals surface area contributed by atoms with Crippen LogP contribution < -0.4 is 10.5 Å². The van der Waals surface area contributed by atoms with Gasteiger partial charge >= 0.3 is 0 Å². The summed E-state index contributed by atoms with van der Waals surface area (Å²) in [6.45, 7) is 2.54. The maximum Gasteiger partial charge on any atom is 0.139 e. The second-order valence-electron chi connectivity index (χ2n) is 3.77. The first-order chi connectivity index (χ1) is 7.61. The molecule has 1 aromatic carbocycles. The average Bonchev–Trinajstić information content (AvgIpc) is 2.26. The Morgan fingerprint density at radius 2 is 2.12 bits per heavy atom. The third kappa shape index (κ3) is 2.89. The van der Waals surface area contributed by atoms with Crippen molar-refractivity contribution in [1.82, 2.24) is 0 Å². The van der Waals surface area contributed by atoms with Gasteiger partial charge in [-0.3, -0.25) is 0 Å². The van der Waals surface area contributed by atoms with Crippen molar-refractivity contribution in [2.45, 2.75) is 26.2 Å². The van der Waals surface area contributed by atoms with Gasteiger partial charge in [0.15, 0.2) is 0 Å². The fourth-order valence-electron chi connectivity index (χ4n) is 1.72. The minimum atomic E-state index is 0.331. The topological polar surface area (TPSA) is 55.5 Å². The molecule has 0 aliphatic carbocycles. The minimum absolute atomic E-state index is 0.331. The summed E-state index contributed by atoms with van der Waals surface area (Å²) >= 11 is 3.44. The summed E-state index contributed by atoms with van der Waals surface area (Å²) in [6, 6.07) is 1.91. The number of aryl methyl sites for hydroxylation is 1. The monoisotopic (exact) mass is 287 g/mol. The number of phenols is 1. The third-order valence-corrected chi connectivity index (χ3v) is 3.21. The number of nitrogens with two attached hydrogens (primary N) is 1. The molecule has 1 rings (SSSR count). The summed E-state index contributed by atoms with van der Waals surface area (Å²) < 4.78 is 6.09. The molecule has 0 aliphatic rings. The van der Waals surface area contributed by atoms with Gasteiger partial charge in [-0.2, -0.15) is 0 Å². The SMILES string of the molecule is COc1c(Br)cc(CCCCN)c(O)c1C. The Balaban J connectivity index is 2.94. The number of methoxy groups -OCH3 is 1. The van der Waals surface area contributed by atoms with Gasteiger partial charge in [-0.05, 0) is 60.3 Å². The van der Waals surface area contributed by atoms with E-state index < -0.39 is 0 Å². The maximum atomic E-state index is 10.0. The summed E-state index contributed by atoms with van der Waals surface area (Å²) in [5, 5.41) is 10.0. The van der Waals surface area contributed by atoms with Crippen LogP contribution in [0, 0.1) is 6.92 Å². The van der Waals surface area contributed by atoms with Crippen molar-refractivity contribution in [1.29, 1.82) is 0 Å². The summed E-state index contributed by atoms with van der Waals surface area (Å²) in [5.41, 5.74) is 7.17. The van der Waals surface area contributed by atoms with E-state index in [-0.39, 0.29) is 0 Å². The van der Waals surface area contributed by atoms with Crippen LogP contribution in [0.4, 0.5) is 0 Å². The van der Waals surface area contributed by atoms with E-state index >= 15 is 0 Å². The lowest BCUT2D eigenvalue weighted by Crippen LogP contribution is -2.00. The molecule has 0 aromatic heterocycles. The summed E-state index contributed by atoms with van der Waals surface area (Å²) in [4.78, 5) is 0. The Bertz CT molecular complexity index is 367. The zero-order chi connectivity index (χ0) is 12.1. The number of unbranched alkanes of at least 4 members (excludes halogenated alkanes) is 1. The van der Waals surface area contributed by atoms with E-state index in [4.69, 9.17) is 10.5 Å². The van der Waals surface area contributed by atoms with E-state index in [0.29, 0.717) is 18.0 Å². The molecule has 3 nitrogen and oxygen atoms in total. The highest BCUT2D eigenvalue weighted by atomic mass is 79.9. The number of hydrogen-bond acceptors (Lipinski definition) is 3. The van der Waals surface area contributed by atoms with Crippen molar-refractivity contribution < 1.29 is 9.84 Å². The van der Waals surface area contributed by atoms with E-state index in [2.05, 4.69) is 15.9 Å². The maximum absolute atomic E-state index is 10.0. The lowest BCUT2D eigenvalue weighted by atomic mass is 10.0. The molecular weight excluding hydrogens is 270 g/mol. The second kappa shape index (κ2) is 6.11. The number of hydrogen-bond donors (Lipinski definition) is 2. The lowest BCUT2D eigenvalue weighted by molar-refractivity contribution is 0.398. The van der Waals surface area contributed by atoms with Crippen LogP contribution in [-0.2, 0) is 6.42 Å². The molecule has 0 amide bonds. The molecule has 0 saturated carbocycles. The molecular formula is C12H18BrNO2. The average molecular weight is 288 g/mol. The largest absolute Gasteiger partial charge is 0.507 e. The first kappa shape index (κ1) is 13.3. The predicted molar refractivity (Wildman–Crippen MR) is 69.1 cm³/mol. The zero-order valence-electron chi connectivity index (χ0n) is 9.72. The molecule has 0 unspecified atom stereocenters. The summed E-state index contributed by atoms with van der Waals surface area (Å²) in [5.74, 6) is 1.03. The molecule has 1 aromatic rings. The number of phenolic OH excluding ortho intramolecular Hbond substituents is 1. The van der Waals surface area contributed by atoms with Gasteiger partial charge in [0, 0.05) is 5.56 Å². The highest BCUT2D eigenvalue weighted by Gasteiger charge is 2.13. The molecule has 0 heterocycles. The van der Waals surface area contributed by atoms with Gasteiger partial charge in [-0.15, -0.1) is 0 Å². The molecule has 0 spiro atoms. The van der Waals surface area contributed by atoms with Crippen molar-refractivity contribution in [3.63, 3.8) is 0 Å². The number of halogens is 1. The van der Waals surface area contributed by atoms with Gasteiger partial charge in [0.05, 0.1) is 11.6 Å². The van der Waals surface area contributed by atoms with E-state index in [1.807, 2.05) is 13.0 Å². The fraction of sp³-hybridized carbons (Fsp3) is 0.500. The molecule has 0 bridgehead atoms. The molecule has 0 atom stereocenters. The number of benzene rings is 1. The number of ether oxygens (including phenoxy) is 1. The van der Waals surface area contributed by atoms with Gasteiger partial charge in [-0.25, -0.2) is 0 Å². The Hall–Kier alpha value is -0.740. The molecule has 0 aliphatic heterocycles. The van der Waals surface area contributed by atoms with Crippen molar-refractivity contribution in [2.24, 2.45) is 5.73 Å². The predicted octanol–water partition coefficient (Wildman–Crippen LogP) is 2.75. The van der Waals surface area contributed by atoms with Gasteiger partial charge in [0.1, 0.15) is 11.5 Å². The highest BCUT2D eigenvalue weighted by molar-refractivity contribution is 9.10.